The fraction of sp³-hybridized carbons (Fsp3) is 0.364. The van der Waals surface area contributed by atoms with E-state index in [1.165, 1.54) is 13.8 Å². The van der Waals surface area contributed by atoms with Gasteiger partial charge >= 0.3 is 5.97 Å². The van der Waals surface area contributed by atoms with Gasteiger partial charge in [-0.2, -0.15) is 0 Å². The highest BCUT2D eigenvalue weighted by atomic mass is 16.4. The predicted octanol–water partition coefficient (Wildman–Crippen LogP) is 1.44. The summed E-state index contributed by atoms with van der Waals surface area (Å²) >= 11 is 0. The van der Waals surface area contributed by atoms with E-state index in [0.717, 1.165) is 0 Å². The lowest BCUT2D eigenvalue weighted by Crippen LogP contribution is -2.38. The summed E-state index contributed by atoms with van der Waals surface area (Å²) in [5.74, 6) is -1.72. The first kappa shape index (κ1) is 12.2. The number of hydrogen-bond acceptors (Lipinski definition) is 3. The Morgan fingerprint density at radius 2 is 2.06 bits per heavy atom. The molecule has 0 radical (unpaired) electrons. The number of anilines is 1. The van der Waals surface area contributed by atoms with Crippen LogP contribution in [-0.4, -0.2) is 22.0 Å². The Balaban J connectivity index is 2.88. The van der Waals surface area contributed by atoms with Crippen LogP contribution in [0.25, 0.3) is 0 Å². The van der Waals surface area contributed by atoms with Gasteiger partial charge in [-0.3, -0.25) is 14.6 Å². The van der Waals surface area contributed by atoms with E-state index in [0.29, 0.717) is 11.4 Å². The zero-order valence-corrected chi connectivity index (χ0v) is 9.44. The monoisotopic (exact) mass is 222 g/mol. The Bertz CT molecular complexity index is 427. The van der Waals surface area contributed by atoms with Crippen molar-refractivity contribution < 1.29 is 14.7 Å². The second kappa shape index (κ2) is 4.30. The van der Waals surface area contributed by atoms with Gasteiger partial charge in [0.25, 0.3) is 0 Å². The van der Waals surface area contributed by atoms with Crippen molar-refractivity contribution in [3.63, 3.8) is 0 Å². The smallest absolute Gasteiger partial charge is 0.318 e. The highest BCUT2D eigenvalue weighted by molar-refractivity contribution is 6.07. The molecule has 0 fully saturated rings. The molecule has 0 aliphatic rings. The van der Waals surface area contributed by atoms with E-state index in [-0.39, 0.29) is 0 Å². The van der Waals surface area contributed by atoms with E-state index in [2.05, 4.69) is 10.3 Å². The van der Waals surface area contributed by atoms with Crippen molar-refractivity contribution in [2.75, 3.05) is 5.32 Å². The molecule has 16 heavy (non-hydrogen) atoms. The quantitative estimate of drug-likeness (QED) is 0.758. The van der Waals surface area contributed by atoms with Crippen molar-refractivity contribution in [2.24, 2.45) is 5.41 Å². The molecule has 86 valence electrons. The van der Waals surface area contributed by atoms with Crippen LogP contribution in [0.4, 0.5) is 5.69 Å². The number of nitrogens with zero attached hydrogens (tertiary/aromatic N) is 1. The number of carboxylic acids is 1. The first-order valence-corrected chi connectivity index (χ1v) is 4.82. The molecule has 2 N–H and O–H groups in total. The molecule has 0 aromatic carbocycles. The average Bonchev–Trinajstić information content (AvgIpc) is 2.21. The minimum absolute atomic E-state index is 0.529. The molecular formula is C11H14N2O3. The molecule has 0 aliphatic heterocycles. The first-order chi connectivity index (χ1) is 7.35. The average molecular weight is 222 g/mol. The van der Waals surface area contributed by atoms with Gasteiger partial charge in [0.1, 0.15) is 5.41 Å². The van der Waals surface area contributed by atoms with Gasteiger partial charge in [0.05, 0.1) is 11.4 Å². The first-order valence-electron chi connectivity index (χ1n) is 4.82. The number of carbonyl (C=O) groups excluding carboxylic acids is 1. The Morgan fingerprint density at radius 1 is 1.44 bits per heavy atom. The Hall–Kier alpha value is -1.91. The van der Waals surface area contributed by atoms with Gasteiger partial charge in [-0.1, -0.05) is 0 Å². The summed E-state index contributed by atoms with van der Waals surface area (Å²) in [5, 5.41) is 11.4. The van der Waals surface area contributed by atoms with Crippen LogP contribution in [0.15, 0.2) is 18.3 Å². The third-order valence-corrected chi connectivity index (χ3v) is 2.36. The van der Waals surface area contributed by atoms with Crippen molar-refractivity contribution in [1.82, 2.24) is 4.98 Å². The molecule has 0 spiro atoms. The van der Waals surface area contributed by atoms with Gasteiger partial charge in [-0.25, -0.2) is 0 Å². The number of nitrogens with one attached hydrogen (secondary N) is 1. The number of aliphatic carboxylic acids is 1. The number of aryl methyl sites for hydroxylation is 1. The molecular weight excluding hydrogens is 208 g/mol. The topological polar surface area (TPSA) is 79.3 Å². The van der Waals surface area contributed by atoms with Crippen LogP contribution in [0.1, 0.15) is 19.5 Å². The molecule has 0 saturated carbocycles. The van der Waals surface area contributed by atoms with Crippen LogP contribution in [-0.2, 0) is 9.59 Å². The van der Waals surface area contributed by atoms with Gasteiger partial charge in [0, 0.05) is 6.20 Å². The maximum absolute atomic E-state index is 11.7. The summed E-state index contributed by atoms with van der Waals surface area (Å²) < 4.78 is 0. The molecule has 0 saturated heterocycles. The van der Waals surface area contributed by atoms with Crippen LogP contribution in [0.2, 0.25) is 0 Å². The standard InChI is InChI=1S/C11H14N2O3/c1-7-8(5-4-6-12-7)13-9(14)11(2,3)10(15)16/h4-6H,1-3H3,(H,13,14)(H,15,16). The lowest BCUT2D eigenvalue weighted by atomic mass is 9.92. The third kappa shape index (κ3) is 2.36. The van der Waals surface area contributed by atoms with Gasteiger partial charge in [0.2, 0.25) is 5.91 Å². The fourth-order valence-electron chi connectivity index (χ4n) is 0.992. The van der Waals surface area contributed by atoms with E-state index in [9.17, 15) is 9.59 Å². The molecule has 1 heterocycles. The third-order valence-electron chi connectivity index (χ3n) is 2.36. The summed E-state index contributed by atoms with van der Waals surface area (Å²) in [6, 6.07) is 3.36. The molecule has 5 heteroatoms. The minimum Gasteiger partial charge on any atom is -0.480 e. The highest BCUT2D eigenvalue weighted by Gasteiger charge is 2.36. The van der Waals surface area contributed by atoms with Crippen molar-refractivity contribution in [3.05, 3.63) is 24.0 Å². The molecule has 0 atom stereocenters. The molecule has 1 aromatic rings. The van der Waals surface area contributed by atoms with Crippen molar-refractivity contribution in [1.29, 1.82) is 0 Å². The van der Waals surface area contributed by atoms with Gasteiger partial charge in [-0.05, 0) is 32.9 Å². The normalized spacial score (nSPS) is 10.9. The predicted molar refractivity (Wildman–Crippen MR) is 59.0 cm³/mol. The number of aromatic nitrogens is 1. The number of pyridine rings is 1. The highest BCUT2D eigenvalue weighted by Crippen LogP contribution is 2.19. The van der Waals surface area contributed by atoms with Gasteiger partial charge in [0.15, 0.2) is 0 Å². The molecule has 0 bridgehead atoms. The lowest BCUT2D eigenvalue weighted by Gasteiger charge is -2.18. The minimum atomic E-state index is -1.46. The summed E-state index contributed by atoms with van der Waals surface area (Å²) in [6.45, 7) is 4.45. The van der Waals surface area contributed by atoms with Crippen molar-refractivity contribution in [3.8, 4) is 0 Å². The van der Waals surface area contributed by atoms with Crippen LogP contribution in [0.3, 0.4) is 0 Å². The second-order valence-electron chi connectivity index (χ2n) is 4.02. The largest absolute Gasteiger partial charge is 0.480 e. The van der Waals surface area contributed by atoms with E-state index in [1.54, 1.807) is 25.3 Å². The maximum Gasteiger partial charge on any atom is 0.318 e. The number of carbonyl (C=O) groups is 2. The number of carboxylic acid groups (broad SMARTS) is 1. The number of hydrogen-bond donors (Lipinski definition) is 2. The van der Waals surface area contributed by atoms with Crippen LogP contribution < -0.4 is 5.32 Å². The zero-order chi connectivity index (χ0) is 12.3. The molecule has 1 amide bonds. The van der Waals surface area contributed by atoms with E-state index in [4.69, 9.17) is 5.11 Å². The summed E-state index contributed by atoms with van der Waals surface area (Å²) in [7, 11) is 0. The van der Waals surface area contributed by atoms with Crippen molar-refractivity contribution in [2.45, 2.75) is 20.8 Å². The number of amides is 1. The van der Waals surface area contributed by atoms with Gasteiger partial charge < -0.3 is 10.4 Å². The summed E-state index contributed by atoms with van der Waals surface area (Å²) in [5.41, 5.74) is -0.277. The van der Waals surface area contributed by atoms with Crippen LogP contribution >= 0.6 is 0 Å². The Labute approximate surface area is 93.5 Å². The molecule has 5 nitrogen and oxygen atoms in total. The zero-order valence-electron chi connectivity index (χ0n) is 9.44. The van der Waals surface area contributed by atoms with Crippen LogP contribution in [0, 0.1) is 12.3 Å². The molecule has 0 aliphatic carbocycles. The lowest BCUT2D eigenvalue weighted by molar-refractivity contribution is -0.151. The molecule has 1 aromatic heterocycles. The van der Waals surface area contributed by atoms with Gasteiger partial charge in [-0.15, -0.1) is 0 Å². The molecule has 1 rings (SSSR count). The second-order valence-corrected chi connectivity index (χ2v) is 4.02. The van der Waals surface area contributed by atoms with E-state index >= 15 is 0 Å². The summed E-state index contributed by atoms with van der Waals surface area (Å²) in [6.07, 6.45) is 1.60. The number of rotatable bonds is 3. The summed E-state index contributed by atoms with van der Waals surface area (Å²) in [4.78, 5) is 26.6. The Kier molecular flexibility index (Phi) is 3.27. The van der Waals surface area contributed by atoms with Crippen molar-refractivity contribution >= 4 is 17.6 Å². The maximum atomic E-state index is 11.7. The fourth-order valence-corrected chi connectivity index (χ4v) is 0.992. The van der Waals surface area contributed by atoms with E-state index in [1.807, 2.05) is 0 Å². The van der Waals surface area contributed by atoms with Crippen LogP contribution in [0.5, 0.6) is 0 Å². The Morgan fingerprint density at radius 3 is 2.56 bits per heavy atom. The SMILES string of the molecule is Cc1ncccc1NC(=O)C(C)(C)C(=O)O. The van der Waals surface area contributed by atoms with E-state index < -0.39 is 17.3 Å². The molecule has 0 unspecified atom stereocenters.